The molecule has 0 saturated heterocycles. The van der Waals surface area contributed by atoms with Gasteiger partial charge < -0.3 is 20.7 Å². The SMILES string of the molecule is CCCNC(=O)CN(C)c1cccc(OC(C)C)c1N. The van der Waals surface area contributed by atoms with Crippen molar-refractivity contribution in [3.63, 3.8) is 0 Å². The predicted molar refractivity (Wildman–Crippen MR) is 83.2 cm³/mol. The lowest BCUT2D eigenvalue weighted by Crippen LogP contribution is -2.35. The summed E-state index contributed by atoms with van der Waals surface area (Å²) in [4.78, 5) is 13.6. The number of para-hydroxylation sites is 1. The van der Waals surface area contributed by atoms with Crippen molar-refractivity contribution in [3.05, 3.63) is 18.2 Å². The van der Waals surface area contributed by atoms with Gasteiger partial charge in [0, 0.05) is 13.6 Å². The van der Waals surface area contributed by atoms with Crippen LogP contribution in [0.25, 0.3) is 0 Å². The van der Waals surface area contributed by atoms with Crippen LogP contribution in [0.3, 0.4) is 0 Å². The summed E-state index contributed by atoms with van der Waals surface area (Å²) in [6.07, 6.45) is 0.987. The largest absolute Gasteiger partial charge is 0.489 e. The molecule has 5 heteroatoms. The van der Waals surface area contributed by atoms with E-state index >= 15 is 0 Å². The van der Waals surface area contributed by atoms with E-state index in [1.165, 1.54) is 0 Å². The lowest BCUT2D eigenvalue weighted by Gasteiger charge is -2.22. The first-order valence-electron chi connectivity index (χ1n) is 6.98. The molecular weight excluding hydrogens is 254 g/mol. The van der Waals surface area contributed by atoms with Crippen LogP contribution in [0.4, 0.5) is 11.4 Å². The van der Waals surface area contributed by atoms with E-state index in [9.17, 15) is 4.79 Å². The average Bonchev–Trinajstić information content (AvgIpc) is 2.38. The van der Waals surface area contributed by atoms with Crippen LogP contribution in [0.2, 0.25) is 0 Å². The van der Waals surface area contributed by atoms with E-state index in [-0.39, 0.29) is 18.6 Å². The molecule has 0 heterocycles. The summed E-state index contributed by atoms with van der Waals surface area (Å²) in [5.74, 6) is 0.641. The number of benzene rings is 1. The van der Waals surface area contributed by atoms with E-state index in [0.29, 0.717) is 18.0 Å². The van der Waals surface area contributed by atoms with Gasteiger partial charge in [0.2, 0.25) is 5.91 Å². The molecule has 0 bridgehead atoms. The molecule has 112 valence electrons. The molecule has 0 aliphatic rings. The monoisotopic (exact) mass is 279 g/mol. The molecule has 0 radical (unpaired) electrons. The number of carbonyl (C=O) groups is 1. The fraction of sp³-hybridized carbons (Fsp3) is 0.533. The Labute approximate surface area is 121 Å². The zero-order valence-electron chi connectivity index (χ0n) is 12.8. The van der Waals surface area contributed by atoms with Gasteiger partial charge in [0.25, 0.3) is 0 Å². The van der Waals surface area contributed by atoms with Crippen LogP contribution in [-0.2, 0) is 4.79 Å². The number of amides is 1. The van der Waals surface area contributed by atoms with Gasteiger partial charge in [-0.15, -0.1) is 0 Å². The van der Waals surface area contributed by atoms with Crippen molar-refractivity contribution in [2.45, 2.75) is 33.3 Å². The molecule has 3 N–H and O–H groups in total. The molecule has 0 atom stereocenters. The summed E-state index contributed by atoms with van der Waals surface area (Å²) in [5, 5.41) is 2.85. The predicted octanol–water partition coefficient (Wildman–Crippen LogP) is 2.02. The highest BCUT2D eigenvalue weighted by Crippen LogP contribution is 2.32. The highest BCUT2D eigenvalue weighted by Gasteiger charge is 2.13. The lowest BCUT2D eigenvalue weighted by atomic mass is 10.2. The maximum absolute atomic E-state index is 11.7. The van der Waals surface area contributed by atoms with Gasteiger partial charge in [-0.25, -0.2) is 0 Å². The number of nitrogens with two attached hydrogens (primary N) is 1. The molecule has 1 rings (SSSR count). The minimum atomic E-state index is -0.0102. The molecule has 1 aromatic carbocycles. The van der Waals surface area contributed by atoms with Gasteiger partial charge in [0.1, 0.15) is 5.75 Å². The third kappa shape index (κ3) is 4.64. The summed E-state index contributed by atoms with van der Waals surface area (Å²) in [7, 11) is 1.84. The zero-order chi connectivity index (χ0) is 15.1. The van der Waals surface area contributed by atoms with Gasteiger partial charge in [0.05, 0.1) is 24.0 Å². The Balaban J connectivity index is 2.77. The van der Waals surface area contributed by atoms with E-state index in [1.54, 1.807) is 0 Å². The van der Waals surface area contributed by atoms with Crippen molar-refractivity contribution in [1.29, 1.82) is 0 Å². The van der Waals surface area contributed by atoms with Crippen LogP contribution in [0.15, 0.2) is 18.2 Å². The Morgan fingerprint density at radius 2 is 2.15 bits per heavy atom. The number of carbonyl (C=O) groups excluding carboxylic acids is 1. The fourth-order valence-electron chi connectivity index (χ4n) is 1.84. The number of nitrogen functional groups attached to an aromatic ring is 1. The van der Waals surface area contributed by atoms with Gasteiger partial charge in [-0.3, -0.25) is 4.79 Å². The molecular formula is C15H25N3O2. The topological polar surface area (TPSA) is 67.6 Å². The van der Waals surface area contributed by atoms with Crippen LogP contribution >= 0.6 is 0 Å². The second kappa shape index (κ2) is 7.62. The number of hydrogen-bond acceptors (Lipinski definition) is 4. The van der Waals surface area contributed by atoms with Gasteiger partial charge in [0.15, 0.2) is 0 Å². The lowest BCUT2D eigenvalue weighted by molar-refractivity contribution is -0.119. The quantitative estimate of drug-likeness (QED) is 0.749. The summed E-state index contributed by atoms with van der Waals surface area (Å²) < 4.78 is 5.65. The smallest absolute Gasteiger partial charge is 0.239 e. The Morgan fingerprint density at radius 3 is 2.75 bits per heavy atom. The number of anilines is 2. The second-order valence-corrected chi connectivity index (χ2v) is 5.06. The van der Waals surface area contributed by atoms with Crippen LogP contribution in [0.5, 0.6) is 5.75 Å². The van der Waals surface area contributed by atoms with Gasteiger partial charge in [-0.1, -0.05) is 13.0 Å². The first-order chi connectivity index (χ1) is 9.45. The molecule has 0 aromatic heterocycles. The summed E-state index contributed by atoms with van der Waals surface area (Å²) in [6.45, 7) is 6.89. The Bertz CT molecular complexity index is 447. The van der Waals surface area contributed by atoms with Gasteiger partial charge >= 0.3 is 0 Å². The third-order valence-corrected chi connectivity index (χ3v) is 2.77. The zero-order valence-corrected chi connectivity index (χ0v) is 12.8. The molecule has 1 amide bonds. The van der Waals surface area contributed by atoms with Gasteiger partial charge in [-0.2, -0.15) is 0 Å². The molecule has 1 aromatic rings. The number of likely N-dealkylation sites (N-methyl/N-ethyl adjacent to an activating group) is 1. The van der Waals surface area contributed by atoms with Crippen molar-refractivity contribution in [3.8, 4) is 5.75 Å². The number of rotatable bonds is 7. The number of ether oxygens (including phenoxy) is 1. The van der Waals surface area contributed by atoms with Crippen molar-refractivity contribution >= 4 is 17.3 Å². The molecule has 0 aliphatic heterocycles. The van der Waals surface area contributed by atoms with Crippen molar-refractivity contribution in [1.82, 2.24) is 5.32 Å². The van der Waals surface area contributed by atoms with Crippen LogP contribution in [0, 0.1) is 0 Å². The van der Waals surface area contributed by atoms with Gasteiger partial charge in [-0.05, 0) is 32.4 Å². The summed E-state index contributed by atoms with van der Waals surface area (Å²) in [5.41, 5.74) is 7.47. The Kier molecular flexibility index (Phi) is 6.15. The minimum Gasteiger partial charge on any atom is -0.489 e. The first kappa shape index (κ1) is 16.1. The van der Waals surface area contributed by atoms with E-state index in [0.717, 1.165) is 12.1 Å². The maximum atomic E-state index is 11.7. The molecule has 0 fully saturated rings. The van der Waals surface area contributed by atoms with Crippen LogP contribution in [-0.4, -0.2) is 32.1 Å². The average molecular weight is 279 g/mol. The Morgan fingerprint density at radius 1 is 1.45 bits per heavy atom. The van der Waals surface area contributed by atoms with E-state index in [2.05, 4.69) is 5.32 Å². The molecule has 0 unspecified atom stereocenters. The van der Waals surface area contributed by atoms with Crippen LogP contribution in [0.1, 0.15) is 27.2 Å². The van der Waals surface area contributed by atoms with Crippen LogP contribution < -0.4 is 20.7 Å². The number of nitrogens with one attached hydrogen (secondary N) is 1. The summed E-state index contributed by atoms with van der Waals surface area (Å²) >= 11 is 0. The number of hydrogen-bond donors (Lipinski definition) is 2. The molecule has 0 aliphatic carbocycles. The summed E-state index contributed by atoms with van der Waals surface area (Å²) in [6, 6.07) is 5.60. The minimum absolute atomic E-state index is 0.0102. The highest BCUT2D eigenvalue weighted by atomic mass is 16.5. The standard InChI is InChI=1S/C15H25N3O2/c1-5-9-17-14(19)10-18(4)12-7-6-8-13(15(12)16)20-11(2)3/h6-8,11H,5,9-10,16H2,1-4H3,(H,17,19). The third-order valence-electron chi connectivity index (χ3n) is 2.77. The van der Waals surface area contributed by atoms with Crippen molar-refractivity contribution < 1.29 is 9.53 Å². The second-order valence-electron chi connectivity index (χ2n) is 5.06. The molecule has 5 nitrogen and oxygen atoms in total. The fourth-order valence-corrected chi connectivity index (χ4v) is 1.84. The maximum Gasteiger partial charge on any atom is 0.239 e. The number of nitrogens with zero attached hydrogens (tertiary/aromatic N) is 1. The molecule has 0 spiro atoms. The van der Waals surface area contributed by atoms with Crippen molar-refractivity contribution in [2.24, 2.45) is 0 Å². The normalized spacial score (nSPS) is 10.4. The van der Waals surface area contributed by atoms with E-state index in [1.807, 2.05) is 50.9 Å². The molecule has 0 saturated carbocycles. The Hall–Kier alpha value is -1.91. The van der Waals surface area contributed by atoms with E-state index in [4.69, 9.17) is 10.5 Å². The first-order valence-corrected chi connectivity index (χ1v) is 6.98. The van der Waals surface area contributed by atoms with E-state index < -0.39 is 0 Å². The van der Waals surface area contributed by atoms with Crippen molar-refractivity contribution in [2.75, 3.05) is 30.8 Å². The highest BCUT2D eigenvalue weighted by molar-refractivity contribution is 5.84. The molecule has 20 heavy (non-hydrogen) atoms.